The van der Waals surface area contributed by atoms with Crippen LogP contribution in [-0.2, 0) is 19.1 Å². The molecular weight excluding hydrogens is 849 g/mol. The van der Waals surface area contributed by atoms with E-state index in [0.29, 0.717) is 43.1 Å². The number of fused-ring (bicyclic) bond motifs is 10. The van der Waals surface area contributed by atoms with Gasteiger partial charge in [0.2, 0.25) is 0 Å². The fourth-order valence-electron chi connectivity index (χ4n) is 17.6. The number of aromatic nitrogens is 1. The minimum atomic E-state index is -1.69. The highest BCUT2D eigenvalue weighted by Gasteiger charge is 2.76. The number of hydrogen-bond acceptors (Lipinski definition) is 11. The van der Waals surface area contributed by atoms with Crippen molar-refractivity contribution in [3.8, 4) is 11.8 Å². The zero-order valence-electron chi connectivity index (χ0n) is 40.3. The molecule has 1 saturated heterocycles. The summed E-state index contributed by atoms with van der Waals surface area (Å²) in [4.78, 5) is 45.0. The number of esters is 1. The van der Waals surface area contributed by atoms with Crippen LogP contribution in [0.25, 0.3) is 0 Å². The highest BCUT2D eigenvalue weighted by atomic mass is 16.5. The fourth-order valence-corrected chi connectivity index (χ4v) is 17.6. The number of rotatable bonds is 6. The zero-order chi connectivity index (χ0) is 47.5. The van der Waals surface area contributed by atoms with Crippen LogP contribution in [-0.4, -0.2) is 102 Å². The Balaban J connectivity index is 1.13. The van der Waals surface area contributed by atoms with E-state index in [1.165, 1.54) is 18.9 Å². The molecule has 21 atom stereocenters. The van der Waals surface area contributed by atoms with Gasteiger partial charge in [-0.15, -0.1) is 5.92 Å². The molecule has 366 valence electrons. The van der Waals surface area contributed by atoms with E-state index in [9.17, 15) is 40.2 Å². The lowest BCUT2D eigenvalue weighted by molar-refractivity contribution is -0.210. The first-order valence-corrected chi connectivity index (χ1v) is 26.0. The summed E-state index contributed by atoms with van der Waals surface area (Å²) in [7, 11) is 0. The quantitative estimate of drug-likeness (QED) is 0.101. The smallest absolute Gasteiger partial charge is 0.313 e. The number of aliphatic hydroxyl groups is 6. The monoisotopic (exact) mass is 925 g/mol. The number of H-pyrrole nitrogens is 1. The Morgan fingerprint density at radius 2 is 1.78 bits per heavy atom. The Kier molecular flexibility index (Phi) is 12.2. The van der Waals surface area contributed by atoms with Gasteiger partial charge in [-0.2, -0.15) is 0 Å². The number of hydrogen-bond donors (Lipinski definition) is 8. The summed E-state index contributed by atoms with van der Waals surface area (Å²) in [6.07, 6.45) is 11.5. The van der Waals surface area contributed by atoms with Crippen LogP contribution < -0.4 is 5.32 Å². The van der Waals surface area contributed by atoms with Gasteiger partial charge in [-0.1, -0.05) is 44.8 Å². The van der Waals surface area contributed by atoms with Crippen LogP contribution in [0, 0.1) is 93.7 Å². The van der Waals surface area contributed by atoms with E-state index in [4.69, 9.17) is 4.74 Å². The molecule has 1 aromatic rings. The van der Waals surface area contributed by atoms with E-state index in [2.05, 4.69) is 42.1 Å². The molecule has 5 saturated carbocycles. The lowest BCUT2D eigenvalue weighted by atomic mass is 9.39. The molecule has 1 aromatic heterocycles. The van der Waals surface area contributed by atoms with E-state index >= 15 is 4.79 Å². The summed E-state index contributed by atoms with van der Waals surface area (Å²) < 4.78 is 5.90. The maximum atomic E-state index is 15.2. The molecular formula is C55H76N2O10. The number of cyclic esters (lactones) is 1. The maximum Gasteiger partial charge on any atom is 0.313 e. The third-order valence-electron chi connectivity index (χ3n) is 20.6. The topological polar surface area (TPSA) is 210 Å². The second-order valence-corrected chi connectivity index (χ2v) is 24.1. The Morgan fingerprint density at radius 3 is 2.51 bits per heavy atom. The number of allylic oxidation sites excluding steroid dienone is 3. The fraction of sp³-hybridized carbons (Fsp3) is 0.764. The molecule has 12 heteroatoms. The SMILES string of the molecule is CC(=O)C(CO)NC1=C2C(C3CCCC4(C3)C3C(CC#CC(C5COC(=O)C5c5cc[nH]c5)CC5C6CC(C)CCC6=CCC5C(C)CC(O)C3(C)O)CC24O)C2(C)CC(O)C(O)CC2C1=O. The first-order valence-electron chi connectivity index (χ1n) is 26.0. The second kappa shape index (κ2) is 17.2. The van der Waals surface area contributed by atoms with Crippen molar-refractivity contribution in [1.29, 1.82) is 0 Å². The molecule has 21 unspecified atom stereocenters. The number of carbonyl (C=O) groups is 3. The minimum absolute atomic E-state index is 0.0188. The number of aliphatic hydroxyl groups excluding tert-OH is 4. The van der Waals surface area contributed by atoms with Gasteiger partial charge in [0, 0.05) is 47.9 Å². The molecule has 9 aliphatic rings. The van der Waals surface area contributed by atoms with Gasteiger partial charge >= 0.3 is 5.97 Å². The van der Waals surface area contributed by atoms with Crippen LogP contribution in [0.15, 0.2) is 41.4 Å². The highest BCUT2D eigenvalue weighted by molar-refractivity contribution is 6.00. The molecule has 0 aromatic carbocycles. The molecule has 10 rings (SSSR count). The van der Waals surface area contributed by atoms with Gasteiger partial charge in [0.25, 0.3) is 0 Å². The molecule has 8 aliphatic carbocycles. The lowest BCUT2D eigenvalue weighted by Crippen LogP contribution is -2.68. The predicted octanol–water partition coefficient (Wildman–Crippen LogP) is 5.51. The second-order valence-electron chi connectivity index (χ2n) is 24.1. The molecule has 1 aliphatic heterocycles. The van der Waals surface area contributed by atoms with E-state index < -0.39 is 82.6 Å². The Labute approximate surface area is 396 Å². The van der Waals surface area contributed by atoms with Crippen LogP contribution in [0.1, 0.15) is 136 Å². The number of ketones is 2. The number of carbonyl (C=O) groups excluding carboxylic acids is 3. The van der Waals surface area contributed by atoms with Crippen LogP contribution in [0.3, 0.4) is 0 Å². The average molecular weight is 925 g/mol. The van der Waals surface area contributed by atoms with Crippen LogP contribution >= 0.6 is 0 Å². The number of nitrogens with one attached hydrogen (secondary N) is 2. The van der Waals surface area contributed by atoms with Crippen molar-refractivity contribution in [1.82, 2.24) is 10.3 Å². The molecule has 6 fully saturated rings. The van der Waals surface area contributed by atoms with Gasteiger partial charge in [-0.25, -0.2) is 0 Å². The number of ether oxygens (including phenoxy) is 1. The standard InChI is InChI=1S/C55H76N2O10/c1-28-11-12-31-13-14-36-29(2)19-44(62)53(5,65)50-34(9-6-8-32(20-38(36)37(31)18-28)39-27-67-51(64)45(39)35-15-17-56-25-35)23-55(66)47-46(33-10-7-16-54(50,55)22-33)52(4)24-43(61)42(60)21-40(52)49(63)48(47)57-41(26-58)30(3)59/h13,15,17,25,28-29,32-34,36-46,50,56-58,60-62,65-66H,7,9-12,14,16,18-24,26-27H2,1-5H3. The van der Waals surface area contributed by atoms with Crippen molar-refractivity contribution in [2.24, 2.45) is 81.8 Å². The molecule has 2 heterocycles. The summed E-state index contributed by atoms with van der Waals surface area (Å²) in [6, 6.07) is 0.842. The molecule has 12 nitrogen and oxygen atoms in total. The van der Waals surface area contributed by atoms with Crippen LogP contribution in [0.5, 0.6) is 0 Å². The molecule has 0 amide bonds. The van der Waals surface area contributed by atoms with Gasteiger partial charge < -0.3 is 45.7 Å². The van der Waals surface area contributed by atoms with Gasteiger partial charge in [-0.3, -0.25) is 14.4 Å². The summed E-state index contributed by atoms with van der Waals surface area (Å²) >= 11 is 0. The Bertz CT molecular complexity index is 2240. The third-order valence-corrected chi connectivity index (χ3v) is 20.6. The Hall–Kier alpha value is -3.31. The van der Waals surface area contributed by atoms with Crippen molar-refractivity contribution in [2.75, 3.05) is 13.2 Å². The summed E-state index contributed by atoms with van der Waals surface area (Å²) in [5.41, 5.74) is -2.17. The van der Waals surface area contributed by atoms with E-state index in [0.717, 1.165) is 44.1 Å². The van der Waals surface area contributed by atoms with Gasteiger partial charge in [0.1, 0.15) is 6.04 Å². The van der Waals surface area contributed by atoms with E-state index in [1.807, 2.05) is 25.4 Å². The maximum absolute atomic E-state index is 15.2. The molecule has 2 bridgehead atoms. The highest BCUT2D eigenvalue weighted by Crippen LogP contribution is 2.75. The van der Waals surface area contributed by atoms with Crippen molar-refractivity contribution in [2.45, 2.75) is 166 Å². The van der Waals surface area contributed by atoms with E-state index in [1.54, 1.807) is 6.92 Å². The summed E-state index contributed by atoms with van der Waals surface area (Å²) in [5.74, 6) is 4.87. The zero-order valence-corrected chi connectivity index (χ0v) is 40.3. The number of aromatic amines is 1. The molecule has 0 radical (unpaired) electrons. The van der Waals surface area contributed by atoms with Crippen molar-refractivity contribution in [3.05, 3.63) is 46.9 Å². The van der Waals surface area contributed by atoms with Crippen molar-refractivity contribution >= 4 is 17.5 Å². The summed E-state index contributed by atoms with van der Waals surface area (Å²) in [6.45, 7) is 9.43. The predicted molar refractivity (Wildman–Crippen MR) is 249 cm³/mol. The summed E-state index contributed by atoms with van der Waals surface area (Å²) in [5, 5.41) is 76.4. The van der Waals surface area contributed by atoms with E-state index in [-0.39, 0.29) is 84.6 Å². The molecule has 1 spiro atoms. The first kappa shape index (κ1) is 47.4. The largest absolute Gasteiger partial charge is 0.465 e. The average Bonchev–Trinajstić information content (AvgIpc) is 4.00. The normalized spacial score (nSPS) is 48.7. The lowest BCUT2D eigenvalue weighted by Gasteiger charge is -2.66. The minimum Gasteiger partial charge on any atom is -0.465 e. The molecule has 8 N–H and O–H groups in total. The van der Waals surface area contributed by atoms with Crippen LogP contribution in [0.2, 0.25) is 0 Å². The van der Waals surface area contributed by atoms with Crippen molar-refractivity contribution in [3.63, 3.8) is 0 Å². The first-order chi connectivity index (χ1) is 31.8. The van der Waals surface area contributed by atoms with Gasteiger partial charge in [-0.05, 0) is 161 Å². The van der Waals surface area contributed by atoms with Gasteiger partial charge in [0.05, 0.1) is 54.3 Å². The third kappa shape index (κ3) is 7.31. The van der Waals surface area contributed by atoms with Crippen LogP contribution in [0.4, 0.5) is 0 Å². The number of Topliss-reactive ketones (excluding diaryl/α,β-unsaturated/α-hetero) is 2. The van der Waals surface area contributed by atoms with Gasteiger partial charge in [0.15, 0.2) is 11.6 Å². The van der Waals surface area contributed by atoms with Crippen molar-refractivity contribution < 1.29 is 49.8 Å². The molecule has 67 heavy (non-hydrogen) atoms. The Morgan fingerprint density at radius 1 is 0.985 bits per heavy atom.